The molecule has 282 valence electrons. The minimum atomic E-state index is -3.10. The zero-order valence-corrected chi connectivity index (χ0v) is 33.3. The van der Waals surface area contributed by atoms with E-state index in [1.165, 1.54) is 18.6 Å². The smallest absolute Gasteiger partial charge is 0.412 e. The topological polar surface area (TPSA) is 165 Å². The Morgan fingerprint density at radius 3 is 2.00 bits per heavy atom. The zero-order chi connectivity index (χ0) is 39.0. The Bertz CT molecular complexity index is 1860. The van der Waals surface area contributed by atoms with Gasteiger partial charge in [0.25, 0.3) is 14.2 Å². The standard InChI is InChI=1S/C38H45ClN4O8SSi/c1-37(2,3)51-36(48)40-24-18-19-27(28(39)20-24)34-43-31(23-52-34)33(46)41-29(21-44)32(45)42-30(35(47)49-7)22-50-53(38(4,5)6,25-14-10-8-11-15-25)26-16-12-9-13-17-26/h8-20,23,29-30,44H,21-22H2,1-7H3,(H,40,48)(H,41,46)(H,42,45). The summed E-state index contributed by atoms with van der Waals surface area (Å²) in [5, 5.41) is 21.6. The lowest BCUT2D eigenvalue weighted by atomic mass is 10.2. The molecular formula is C38H45ClN4O8SSi. The lowest BCUT2D eigenvalue weighted by molar-refractivity contribution is -0.146. The van der Waals surface area contributed by atoms with E-state index in [2.05, 4.69) is 41.7 Å². The van der Waals surface area contributed by atoms with Gasteiger partial charge < -0.3 is 29.6 Å². The van der Waals surface area contributed by atoms with Crippen LogP contribution in [-0.4, -0.2) is 80.3 Å². The molecule has 3 aromatic carbocycles. The van der Waals surface area contributed by atoms with Gasteiger partial charge in [-0.1, -0.05) is 93.0 Å². The van der Waals surface area contributed by atoms with Gasteiger partial charge in [0.1, 0.15) is 28.4 Å². The van der Waals surface area contributed by atoms with Crippen molar-refractivity contribution in [2.24, 2.45) is 0 Å². The molecule has 0 saturated heterocycles. The highest BCUT2D eigenvalue weighted by Crippen LogP contribution is 2.37. The first-order valence-corrected chi connectivity index (χ1v) is 20.0. The van der Waals surface area contributed by atoms with Gasteiger partial charge in [-0.15, -0.1) is 11.3 Å². The van der Waals surface area contributed by atoms with Crippen LogP contribution in [0.15, 0.2) is 84.2 Å². The number of halogens is 1. The quantitative estimate of drug-likeness (QED) is 0.106. The van der Waals surface area contributed by atoms with Crippen molar-refractivity contribution in [2.45, 2.75) is 64.3 Å². The summed E-state index contributed by atoms with van der Waals surface area (Å²) in [5.41, 5.74) is 0.206. The van der Waals surface area contributed by atoms with Crippen molar-refractivity contribution in [3.8, 4) is 10.6 Å². The van der Waals surface area contributed by atoms with Crippen molar-refractivity contribution < 1.29 is 38.2 Å². The third-order valence-electron chi connectivity index (χ3n) is 8.07. The molecular weight excluding hydrogens is 736 g/mol. The van der Waals surface area contributed by atoms with Crippen LogP contribution in [0.3, 0.4) is 0 Å². The summed E-state index contributed by atoms with van der Waals surface area (Å²) in [4.78, 5) is 56.3. The predicted octanol–water partition coefficient (Wildman–Crippen LogP) is 5.14. The average molecular weight is 781 g/mol. The number of thiazole rings is 1. The second-order valence-electron chi connectivity index (χ2n) is 14.1. The number of esters is 1. The normalized spacial score (nSPS) is 13.0. The Morgan fingerprint density at radius 2 is 1.49 bits per heavy atom. The van der Waals surface area contributed by atoms with Crippen LogP contribution in [0.1, 0.15) is 52.0 Å². The molecule has 4 N–H and O–H groups in total. The third-order valence-corrected chi connectivity index (χ3v) is 14.3. The van der Waals surface area contributed by atoms with Crippen molar-refractivity contribution in [1.82, 2.24) is 15.6 Å². The number of aliphatic hydroxyl groups excluding tert-OH is 1. The van der Waals surface area contributed by atoms with Gasteiger partial charge in [-0.05, 0) is 54.4 Å². The lowest BCUT2D eigenvalue weighted by Crippen LogP contribution is -2.68. The molecule has 0 aliphatic carbocycles. The van der Waals surface area contributed by atoms with E-state index in [0.29, 0.717) is 16.3 Å². The highest BCUT2D eigenvalue weighted by molar-refractivity contribution is 7.13. The SMILES string of the molecule is COC(=O)C(CO[Si](c1ccccc1)(c1ccccc1)C(C)(C)C)NC(=O)C(CO)NC(=O)c1csc(-c2ccc(NC(=O)OC(C)(C)C)cc2Cl)n1. The van der Waals surface area contributed by atoms with Gasteiger partial charge in [-0.2, -0.15) is 0 Å². The van der Waals surface area contributed by atoms with E-state index < -0.39 is 61.5 Å². The maximum atomic E-state index is 13.5. The van der Waals surface area contributed by atoms with Crippen molar-refractivity contribution >= 4 is 71.2 Å². The second-order valence-corrected chi connectivity index (χ2v) is 19.7. The molecule has 4 aromatic rings. The molecule has 3 amide bonds. The highest BCUT2D eigenvalue weighted by atomic mass is 35.5. The summed E-state index contributed by atoms with van der Waals surface area (Å²) < 4.78 is 17.1. The number of hydrogen-bond acceptors (Lipinski definition) is 10. The number of nitrogens with one attached hydrogen (secondary N) is 3. The molecule has 1 aromatic heterocycles. The number of rotatable bonds is 13. The highest BCUT2D eigenvalue weighted by Gasteiger charge is 2.50. The fourth-order valence-corrected chi connectivity index (χ4v) is 11.4. The molecule has 2 unspecified atom stereocenters. The summed E-state index contributed by atoms with van der Waals surface area (Å²) in [7, 11) is -1.89. The summed E-state index contributed by atoms with van der Waals surface area (Å²) in [5.74, 6) is -2.32. The van der Waals surface area contributed by atoms with Gasteiger partial charge in [0.05, 0.1) is 25.3 Å². The minimum absolute atomic E-state index is 0.0252. The van der Waals surface area contributed by atoms with Crippen LogP contribution >= 0.6 is 22.9 Å². The van der Waals surface area contributed by atoms with Crippen LogP contribution in [0.25, 0.3) is 10.6 Å². The number of nitrogens with zero attached hydrogens (tertiary/aromatic N) is 1. The Labute approximate surface area is 319 Å². The van der Waals surface area contributed by atoms with Crippen LogP contribution in [0, 0.1) is 0 Å². The van der Waals surface area contributed by atoms with Crippen LogP contribution in [0.5, 0.6) is 0 Å². The number of benzene rings is 3. The van der Waals surface area contributed by atoms with Crippen LogP contribution in [-0.2, 0) is 23.5 Å². The molecule has 0 fully saturated rings. The number of carbonyl (C=O) groups is 4. The Kier molecular flexibility index (Phi) is 13.6. The number of carbonyl (C=O) groups excluding carboxylic acids is 4. The number of methoxy groups -OCH3 is 1. The fourth-order valence-electron chi connectivity index (χ4n) is 5.67. The van der Waals surface area contributed by atoms with E-state index >= 15 is 0 Å². The van der Waals surface area contributed by atoms with Gasteiger partial charge in [0.2, 0.25) is 5.91 Å². The summed E-state index contributed by atoms with van der Waals surface area (Å²) in [6, 6.07) is 21.7. The van der Waals surface area contributed by atoms with E-state index in [-0.39, 0.29) is 17.3 Å². The van der Waals surface area contributed by atoms with Gasteiger partial charge >= 0.3 is 12.1 Å². The minimum Gasteiger partial charge on any atom is -0.467 e. The maximum Gasteiger partial charge on any atom is 0.412 e. The number of anilines is 1. The molecule has 0 spiro atoms. The Morgan fingerprint density at radius 1 is 0.887 bits per heavy atom. The van der Waals surface area contributed by atoms with Crippen LogP contribution < -0.4 is 26.3 Å². The average Bonchev–Trinajstić information content (AvgIpc) is 3.59. The first-order chi connectivity index (χ1) is 25.0. The van der Waals surface area contributed by atoms with Crippen molar-refractivity contribution in [1.29, 1.82) is 0 Å². The molecule has 53 heavy (non-hydrogen) atoms. The molecule has 0 radical (unpaired) electrons. The lowest BCUT2D eigenvalue weighted by Gasteiger charge is -2.43. The Hall–Kier alpha value is -4.60. The summed E-state index contributed by atoms with van der Waals surface area (Å²) >= 11 is 7.63. The van der Waals surface area contributed by atoms with Crippen molar-refractivity contribution in [2.75, 3.05) is 25.6 Å². The van der Waals surface area contributed by atoms with Gasteiger partial charge in [-0.25, -0.2) is 14.6 Å². The monoisotopic (exact) mass is 780 g/mol. The molecule has 0 aliphatic heterocycles. The molecule has 0 aliphatic rings. The Balaban J connectivity index is 1.49. The number of aliphatic hydroxyl groups is 1. The van der Waals surface area contributed by atoms with Crippen LogP contribution in [0.4, 0.5) is 10.5 Å². The van der Waals surface area contributed by atoms with E-state index in [1.807, 2.05) is 60.7 Å². The molecule has 1 heterocycles. The van der Waals surface area contributed by atoms with Crippen molar-refractivity contribution in [3.05, 3.63) is 95.0 Å². The number of hydrogen-bond donors (Lipinski definition) is 4. The molecule has 2 atom stereocenters. The molecule has 0 bridgehead atoms. The number of amides is 3. The van der Waals surface area contributed by atoms with Crippen LogP contribution in [0.2, 0.25) is 10.1 Å². The van der Waals surface area contributed by atoms with Gasteiger partial charge in [-0.3, -0.25) is 14.9 Å². The molecule has 4 rings (SSSR count). The second kappa shape index (κ2) is 17.5. The molecule has 15 heteroatoms. The van der Waals surface area contributed by atoms with E-state index in [4.69, 9.17) is 25.5 Å². The maximum absolute atomic E-state index is 13.5. The number of aromatic nitrogens is 1. The van der Waals surface area contributed by atoms with E-state index in [1.54, 1.807) is 32.9 Å². The van der Waals surface area contributed by atoms with E-state index in [9.17, 15) is 24.3 Å². The fraction of sp³-hybridized carbons (Fsp3) is 0.342. The first kappa shape index (κ1) is 41.2. The van der Waals surface area contributed by atoms with E-state index in [0.717, 1.165) is 21.7 Å². The molecule has 12 nitrogen and oxygen atoms in total. The first-order valence-electron chi connectivity index (χ1n) is 16.8. The van der Waals surface area contributed by atoms with Crippen molar-refractivity contribution in [3.63, 3.8) is 0 Å². The summed E-state index contributed by atoms with van der Waals surface area (Å²) in [6.45, 7) is 10.5. The summed E-state index contributed by atoms with van der Waals surface area (Å²) in [6.07, 6.45) is -0.637. The largest absolute Gasteiger partial charge is 0.467 e. The van der Waals surface area contributed by atoms with Gasteiger partial charge in [0, 0.05) is 16.6 Å². The zero-order valence-electron chi connectivity index (χ0n) is 30.7. The van der Waals surface area contributed by atoms with Gasteiger partial charge in [0.15, 0.2) is 0 Å². The third kappa shape index (κ3) is 10.3. The predicted molar refractivity (Wildman–Crippen MR) is 208 cm³/mol. The molecule has 0 saturated carbocycles. The number of ether oxygens (including phenoxy) is 2.